The molecule has 200 valence electrons. The van der Waals surface area contributed by atoms with E-state index in [2.05, 4.69) is 21.3 Å². The van der Waals surface area contributed by atoms with E-state index in [4.69, 9.17) is 10.5 Å². The topological polar surface area (TPSA) is 169 Å². The highest BCUT2D eigenvalue weighted by Gasteiger charge is 2.44. The van der Waals surface area contributed by atoms with Crippen LogP contribution in [0.1, 0.15) is 79.1 Å². The predicted molar refractivity (Wildman–Crippen MR) is 131 cm³/mol. The number of unbranched alkanes of at least 4 members (excludes halogenated alkanes) is 1. The highest BCUT2D eigenvalue weighted by Crippen LogP contribution is 2.30. The number of nitrogens with one attached hydrogen (secondary N) is 4. The van der Waals surface area contributed by atoms with Crippen molar-refractivity contribution < 1.29 is 28.7 Å². The molecule has 0 aliphatic heterocycles. The fourth-order valence-electron chi connectivity index (χ4n) is 4.26. The molecular weight excluding hydrogens is 454 g/mol. The average Bonchev–Trinajstić information content (AvgIpc) is 3.26. The van der Waals surface area contributed by atoms with Gasteiger partial charge in [-0.25, -0.2) is 4.79 Å². The van der Waals surface area contributed by atoms with E-state index in [1.165, 1.54) is 21.0 Å². The number of methoxy groups -OCH3 is 1. The van der Waals surface area contributed by atoms with Crippen molar-refractivity contribution in [2.75, 3.05) is 13.7 Å². The van der Waals surface area contributed by atoms with E-state index in [0.717, 1.165) is 12.8 Å². The Morgan fingerprint density at radius 2 is 1.49 bits per heavy atom. The first-order valence-corrected chi connectivity index (χ1v) is 12.4. The second-order valence-corrected chi connectivity index (χ2v) is 9.73. The van der Waals surface area contributed by atoms with Crippen LogP contribution in [0.3, 0.4) is 0 Å². The summed E-state index contributed by atoms with van der Waals surface area (Å²) in [6.45, 7) is 7.15. The summed E-state index contributed by atoms with van der Waals surface area (Å²) in [7, 11) is 1.28. The molecule has 0 saturated heterocycles. The van der Waals surface area contributed by atoms with Gasteiger partial charge in [-0.2, -0.15) is 0 Å². The standard InChI is InChI=1S/C24H43N5O6/c1-15(2)14-19(27-17(4)30)22(33)28-18(10-6-9-13-25)21(32)26-16(3)20(31)29-24(23(34)35-5)11-7-8-12-24/h15-16,18-19H,6-14,25H2,1-5H3,(H,26,32)(H,27,30)(H,28,33)(H,29,31)/t16-,18-,19-/m0/s1. The lowest BCUT2D eigenvalue weighted by molar-refractivity contribution is -0.151. The zero-order valence-electron chi connectivity index (χ0n) is 21.7. The molecule has 11 nitrogen and oxygen atoms in total. The summed E-state index contributed by atoms with van der Waals surface area (Å²) in [6.07, 6.45) is 4.53. The Hall–Kier alpha value is -2.69. The van der Waals surface area contributed by atoms with Gasteiger partial charge in [-0.3, -0.25) is 19.2 Å². The van der Waals surface area contributed by atoms with Gasteiger partial charge in [0.25, 0.3) is 0 Å². The van der Waals surface area contributed by atoms with Crippen LogP contribution < -0.4 is 27.0 Å². The molecule has 1 fully saturated rings. The molecule has 0 aromatic rings. The predicted octanol–water partition coefficient (Wildman–Crippen LogP) is 0.258. The van der Waals surface area contributed by atoms with Crippen LogP contribution in [0.15, 0.2) is 0 Å². The maximum absolute atomic E-state index is 13.0. The van der Waals surface area contributed by atoms with E-state index in [-0.39, 0.29) is 11.8 Å². The Balaban J connectivity index is 2.89. The van der Waals surface area contributed by atoms with Crippen LogP contribution in [0.25, 0.3) is 0 Å². The van der Waals surface area contributed by atoms with Crippen molar-refractivity contribution in [2.24, 2.45) is 11.7 Å². The second-order valence-electron chi connectivity index (χ2n) is 9.73. The van der Waals surface area contributed by atoms with Crippen LogP contribution in [-0.2, 0) is 28.7 Å². The van der Waals surface area contributed by atoms with Gasteiger partial charge in [-0.05, 0) is 57.9 Å². The maximum atomic E-state index is 13.0. The van der Waals surface area contributed by atoms with Gasteiger partial charge in [0.2, 0.25) is 23.6 Å². The monoisotopic (exact) mass is 497 g/mol. The minimum atomic E-state index is -1.08. The summed E-state index contributed by atoms with van der Waals surface area (Å²) in [6, 6.07) is -2.63. The van der Waals surface area contributed by atoms with Crippen LogP contribution in [0.4, 0.5) is 0 Å². The molecule has 0 spiro atoms. The fourth-order valence-corrected chi connectivity index (χ4v) is 4.26. The third-order valence-electron chi connectivity index (χ3n) is 6.13. The van der Waals surface area contributed by atoms with Crippen LogP contribution in [0, 0.1) is 5.92 Å². The largest absolute Gasteiger partial charge is 0.467 e. The normalized spacial score (nSPS) is 17.1. The molecule has 35 heavy (non-hydrogen) atoms. The Bertz CT molecular complexity index is 751. The van der Waals surface area contributed by atoms with Crippen molar-refractivity contribution in [3.8, 4) is 0 Å². The van der Waals surface area contributed by atoms with Gasteiger partial charge in [0, 0.05) is 6.92 Å². The molecule has 0 heterocycles. The van der Waals surface area contributed by atoms with Crippen molar-refractivity contribution >= 4 is 29.6 Å². The number of rotatable bonds is 14. The number of nitrogens with two attached hydrogens (primary N) is 1. The number of esters is 1. The highest BCUT2D eigenvalue weighted by molar-refractivity contribution is 5.95. The van der Waals surface area contributed by atoms with Gasteiger partial charge in [0.15, 0.2) is 0 Å². The van der Waals surface area contributed by atoms with E-state index in [9.17, 15) is 24.0 Å². The molecule has 4 amide bonds. The molecule has 1 aliphatic rings. The third kappa shape index (κ3) is 9.83. The van der Waals surface area contributed by atoms with Crippen molar-refractivity contribution in [1.82, 2.24) is 21.3 Å². The molecule has 0 unspecified atom stereocenters. The maximum Gasteiger partial charge on any atom is 0.331 e. The lowest BCUT2D eigenvalue weighted by Crippen LogP contribution is -2.60. The molecule has 6 N–H and O–H groups in total. The van der Waals surface area contributed by atoms with E-state index in [1.807, 2.05) is 13.8 Å². The Morgan fingerprint density at radius 1 is 0.886 bits per heavy atom. The number of hydrogen-bond acceptors (Lipinski definition) is 7. The van der Waals surface area contributed by atoms with Gasteiger partial charge < -0.3 is 31.7 Å². The Morgan fingerprint density at radius 3 is 2.00 bits per heavy atom. The van der Waals surface area contributed by atoms with Crippen LogP contribution in [0.2, 0.25) is 0 Å². The van der Waals surface area contributed by atoms with Gasteiger partial charge >= 0.3 is 5.97 Å². The van der Waals surface area contributed by atoms with Crippen molar-refractivity contribution in [1.29, 1.82) is 0 Å². The van der Waals surface area contributed by atoms with Gasteiger partial charge in [0.1, 0.15) is 23.7 Å². The first kappa shape index (κ1) is 30.3. The minimum Gasteiger partial charge on any atom is -0.467 e. The zero-order valence-corrected chi connectivity index (χ0v) is 21.7. The molecule has 11 heteroatoms. The summed E-state index contributed by atoms with van der Waals surface area (Å²) in [5.74, 6) is -2.19. The number of ether oxygens (including phenoxy) is 1. The quantitative estimate of drug-likeness (QED) is 0.169. The van der Waals surface area contributed by atoms with E-state index in [0.29, 0.717) is 45.1 Å². The van der Waals surface area contributed by atoms with Crippen molar-refractivity contribution in [3.63, 3.8) is 0 Å². The van der Waals surface area contributed by atoms with Crippen molar-refractivity contribution in [3.05, 3.63) is 0 Å². The summed E-state index contributed by atoms with van der Waals surface area (Å²) >= 11 is 0. The molecule has 1 saturated carbocycles. The summed E-state index contributed by atoms with van der Waals surface area (Å²) in [5.41, 5.74) is 4.49. The number of amides is 4. The van der Waals surface area contributed by atoms with Crippen molar-refractivity contribution in [2.45, 2.75) is 103 Å². The van der Waals surface area contributed by atoms with Crippen LogP contribution >= 0.6 is 0 Å². The zero-order chi connectivity index (χ0) is 26.6. The molecule has 0 bridgehead atoms. The lowest BCUT2D eigenvalue weighted by Gasteiger charge is -2.29. The number of hydrogen-bond donors (Lipinski definition) is 5. The number of carbonyl (C=O) groups is 5. The lowest BCUT2D eigenvalue weighted by atomic mass is 9.97. The third-order valence-corrected chi connectivity index (χ3v) is 6.13. The first-order valence-electron chi connectivity index (χ1n) is 12.4. The van der Waals surface area contributed by atoms with Crippen LogP contribution in [-0.4, -0.2) is 66.9 Å². The molecule has 1 aliphatic carbocycles. The highest BCUT2D eigenvalue weighted by atomic mass is 16.5. The average molecular weight is 498 g/mol. The van der Waals surface area contributed by atoms with E-state index in [1.54, 1.807) is 0 Å². The summed E-state index contributed by atoms with van der Waals surface area (Å²) < 4.78 is 4.88. The van der Waals surface area contributed by atoms with Crippen LogP contribution in [0.5, 0.6) is 0 Å². The molecule has 3 atom stereocenters. The van der Waals surface area contributed by atoms with Gasteiger partial charge in [-0.1, -0.05) is 26.7 Å². The first-order chi connectivity index (χ1) is 16.5. The Labute approximate surface area is 208 Å². The number of carbonyl (C=O) groups excluding carboxylic acids is 5. The second kappa shape index (κ2) is 14.7. The van der Waals surface area contributed by atoms with Gasteiger partial charge in [0.05, 0.1) is 7.11 Å². The molecule has 0 aromatic carbocycles. The smallest absolute Gasteiger partial charge is 0.331 e. The van der Waals surface area contributed by atoms with Gasteiger partial charge in [-0.15, -0.1) is 0 Å². The summed E-state index contributed by atoms with van der Waals surface area (Å²) in [4.78, 5) is 62.6. The Kier molecular flexibility index (Phi) is 12.7. The molecule has 0 radical (unpaired) electrons. The minimum absolute atomic E-state index is 0.142. The molecule has 0 aromatic heterocycles. The SMILES string of the molecule is COC(=O)C1(NC(=O)[C@H](C)NC(=O)[C@H](CCCCN)NC(=O)[C@H](CC(C)C)NC(C)=O)CCCC1. The van der Waals surface area contributed by atoms with E-state index >= 15 is 0 Å². The molecule has 1 rings (SSSR count). The summed E-state index contributed by atoms with van der Waals surface area (Å²) in [5, 5.41) is 10.8. The van der Waals surface area contributed by atoms with E-state index < -0.39 is 47.4 Å². The molecular formula is C24H43N5O6. The fraction of sp³-hybridized carbons (Fsp3) is 0.792.